The van der Waals surface area contributed by atoms with Crippen molar-refractivity contribution in [1.29, 1.82) is 0 Å². The van der Waals surface area contributed by atoms with Gasteiger partial charge in [-0.1, -0.05) is 17.7 Å². The zero-order chi connectivity index (χ0) is 18.1. The van der Waals surface area contributed by atoms with Gasteiger partial charge in [-0.05, 0) is 35.9 Å². The third-order valence-corrected chi connectivity index (χ3v) is 3.41. The summed E-state index contributed by atoms with van der Waals surface area (Å²) < 4.78 is 64.8. The zero-order valence-electron chi connectivity index (χ0n) is 11.8. The lowest BCUT2D eigenvalue weighted by molar-refractivity contribution is -0.137. The van der Waals surface area contributed by atoms with E-state index >= 15 is 0 Å². The highest BCUT2D eigenvalue weighted by molar-refractivity contribution is 6.31. The molecule has 0 aliphatic carbocycles. The molecule has 2 aromatic carbocycles. The fourth-order valence-electron chi connectivity index (χ4n) is 2.01. The van der Waals surface area contributed by atoms with Crippen LogP contribution in [-0.2, 0) is 11.0 Å². The summed E-state index contributed by atoms with van der Waals surface area (Å²) in [5.41, 5.74) is 3.63. The van der Waals surface area contributed by atoms with E-state index in [-0.39, 0.29) is 16.7 Å². The van der Waals surface area contributed by atoms with Gasteiger partial charge in [0.05, 0.1) is 10.6 Å². The molecular weight excluding hydrogens is 353 g/mol. The number of halogens is 6. The van der Waals surface area contributed by atoms with Crippen LogP contribution in [0, 0.1) is 11.6 Å². The minimum Gasteiger partial charge on any atom is -0.366 e. The lowest BCUT2D eigenvalue weighted by Gasteiger charge is -2.10. The summed E-state index contributed by atoms with van der Waals surface area (Å²) in [5.74, 6) is -2.91. The number of nitrogens with two attached hydrogens (primary N) is 1. The summed E-state index contributed by atoms with van der Waals surface area (Å²) in [6, 6.07) is 5.25. The van der Waals surface area contributed by atoms with Gasteiger partial charge in [-0.2, -0.15) is 13.2 Å². The number of carbonyl (C=O) groups excluding carboxylic acids is 1. The van der Waals surface area contributed by atoms with Crippen LogP contribution in [-0.4, -0.2) is 5.91 Å². The molecule has 2 nitrogen and oxygen atoms in total. The van der Waals surface area contributed by atoms with Crippen LogP contribution in [0.25, 0.3) is 11.6 Å². The second-order valence-electron chi connectivity index (χ2n) is 4.78. The van der Waals surface area contributed by atoms with Crippen molar-refractivity contribution in [3.05, 3.63) is 69.7 Å². The molecule has 2 aromatic rings. The smallest absolute Gasteiger partial charge is 0.366 e. The van der Waals surface area contributed by atoms with E-state index in [0.29, 0.717) is 6.07 Å². The summed E-state index contributed by atoms with van der Waals surface area (Å²) in [4.78, 5) is 11.5. The van der Waals surface area contributed by atoms with Crippen molar-refractivity contribution >= 4 is 29.2 Å². The van der Waals surface area contributed by atoms with Gasteiger partial charge in [0.2, 0.25) is 5.91 Å². The normalized spacial score (nSPS) is 12.3. The lowest BCUT2D eigenvalue weighted by atomic mass is 10.0. The molecule has 126 valence electrons. The van der Waals surface area contributed by atoms with Crippen LogP contribution in [0.2, 0.25) is 5.02 Å². The van der Waals surface area contributed by atoms with Crippen LogP contribution in [0.15, 0.2) is 36.4 Å². The van der Waals surface area contributed by atoms with Crippen molar-refractivity contribution in [3.8, 4) is 0 Å². The summed E-state index contributed by atoms with van der Waals surface area (Å²) in [6.45, 7) is 0. The molecule has 0 heterocycles. The Kier molecular flexibility index (Phi) is 4.94. The number of hydrogen-bond donors (Lipinski definition) is 1. The monoisotopic (exact) mass is 361 g/mol. The third kappa shape index (κ3) is 3.91. The summed E-state index contributed by atoms with van der Waals surface area (Å²) >= 11 is 5.59. The summed E-state index contributed by atoms with van der Waals surface area (Å²) in [7, 11) is 0. The largest absolute Gasteiger partial charge is 0.417 e. The molecule has 24 heavy (non-hydrogen) atoms. The lowest BCUT2D eigenvalue weighted by Crippen LogP contribution is -2.14. The first-order valence-corrected chi connectivity index (χ1v) is 6.81. The van der Waals surface area contributed by atoms with E-state index in [1.807, 2.05) is 0 Å². The van der Waals surface area contributed by atoms with E-state index in [4.69, 9.17) is 17.3 Å². The minimum absolute atomic E-state index is 0.102. The number of primary amides is 1. The van der Waals surface area contributed by atoms with Crippen LogP contribution >= 0.6 is 11.6 Å². The maximum atomic E-state index is 13.8. The molecule has 0 aliphatic rings. The SMILES string of the molecule is NC(=O)/C(=C/c1ccc(C(F)(F)F)c(Cl)c1)c1ccc(F)cc1F. The van der Waals surface area contributed by atoms with Gasteiger partial charge in [-0.15, -0.1) is 0 Å². The van der Waals surface area contributed by atoms with Crippen molar-refractivity contribution in [3.63, 3.8) is 0 Å². The Morgan fingerprint density at radius 1 is 1.08 bits per heavy atom. The number of alkyl halides is 3. The maximum absolute atomic E-state index is 13.8. The molecule has 1 amide bonds. The van der Waals surface area contributed by atoms with Gasteiger partial charge in [-0.25, -0.2) is 8.78 Å². The first-order valence-electron chi connectivity index (χ1n) is 6.43. The molecule has 2 rings (SSSR count). The van der Waals surface area contributed by atoms with Crippen LogP contribution in [0.4, 0.5) is 22.0 Å². The Balaban J connectivity index is 2.53. The average Bonchev–Trinajstić information content (AvgIpc) is 2.44. The van der Waals surface area contributed by atoms with E-state index in [1.165, 1.54) is 0 Å². The predicted octanol–water partition coefficient (Wildman–Crippen LogP) is 4.66. The Labute approximate surface area is 138 Å². The summed E-state index contributed by atoms with van der Waals surface area (Å²) in [5, 5.41) is -0.584. The number of rotatable bonds is 3. The Morgan fingerprint density at radius 3 is 2.25 bits per heavy atom. The van der Waals surface area contributed by atoms with Gasteiger partial charge < -0.3 is 5.73 Å². The van der Waals surface area contributed by atoms with Crippen molar-refractivity contribution in [2.45, 2.75) is 6.18 Å². The molecule has 0 aliphatic heterocycles. The van der Waals surface area contributed by atoms with E-state index in [0.717, 1.165) is 36.4 Å². The molecule has 0 spiro atoms. The van der Waals surface area contributed by atoms with Gasteiger partial charge in [0.25, 0.3) is 0 Å². The van der Waals surface area contributed by atoms with E-state index in [2.05, 4.69) is 0 Å². The molecule has 2 N–H and O–H groups in total. The standard InChI is InChI=1S/C16H9ClF5NO/c17-13-6-8(1-4-12(13)16(20,21)22)5-11(15(23)24)10-3-2-9(18)7-14(10)19/h1-7H,(H2,23,24)/b11-5+. The second-order valence-corrected chi connectivity index (χ2v) is 5.19. The number of benzene rings is 2. The molecule has 0 aromatic heterocycles. The van der Waals surface area contributed by atoms with Crippen molar-refractivity contribution < 1.29 is 26.7 Å². The van der Waals surface area contributed by atoms with E-state index in [9.17, 15) is 26.7 Å². The molecule has 0 saturated carbocycles. The molecule has 8 heteroatoms. The van der Waals surface area contributed by atoms with Gasteiger partial charge in [-0.3, -0.25) is 4.79 Å². The topological polar surface area (TPSA) is 43.1 Å². The third-order valence-electron chi connectivity index (χ3n) is 3.10. The summed E-state index contributed by atoms with van der Waals surface area (Å²) in [6.07, 6.45) is -3.56. The van der Waals surface area contributed by atoms with Crippen LogP contribution in [0.3, 0.4) is 0 Å². The number of amides is 1. The zero-order valence-corrected chi connectivity index (χ0v) is 12.6. The van der Waals surface area contributed by atoms with Crippen molar-refractivity contribution in [2.24, 2.45) is 5.73 Å². The molecule has 0 atom stereocenters. The van der Waals surface area contributed by atoms with E-state index < -0.39 is 34.3 Å². The van der Waals surface area contributed by atoms with Crippen molar-refractivity contribution in [2.75, 3.05) is 0 Å². The van der Waals surface area contributed by atoms with Crippen LogP contribution in [0.1, 0.15) is 16.7 Å². The second kappa shape index (κ2) is 6.60. The number of hydrogen-bond acceptors (Lipinski definition) is 1. The van der Waals surface area contributed by atoms with Gasteiger partial charge in [0.15, 0.2) is 0 Å². The quantitative estimate of drug-likeness (QED) is 0.482. The highest BCUT2D eigenvalue weighted by Crippen LogP contribution is 2.35. The van der Waals surface area contributed by atoms with Gasteiger partial charge in [0, 0.05) is 17.2 Å². The highest BCUT2D eigenvalue weighted by atomic mass is 35.5. The number of carbonyl (C=O) groups is 1. The van der Waals surface area contributed by atoms with E-state index in [1.54, 1.807) is 0 Å². The molecule has 0 bridgehead atoms. The Bertz CT molecular complexity index is 830. The van der Waals surface area contributed by atoms with Crippen LogP contribution in [0.5, 0.6) is 0 Å². The maximum Gasteiger partial charge on any atom is 0.417 e. The Hall–Kier alpha value is -2.41. The molecule has 0 fully saturated rings. The molecule has 0 unspecified atom stereocenters. The average molecular weight is 362 g/mol. The molecule has 0 radical (unpaired) electrons. The molecular formula is C16H9ClF5NO. The van der Waals surface area contributed by atoms with Gasteiger partial charge in [0.1, 0.15) is 11.6 Å². The predicted molar refractivity (Wildman–Crippen MR) is 79.9 cm³/mol. The van der Waals surface area contributed by atoms with Crippen molar-refractivity contribution in [1.82, 2.24) is 0 Å². The van der Waals surface area contributed by atoms with Crippen LogP contribution < -0.4 is 5.73 Å². The fraction of sp³-hybridized carbons (Fsp3) is 0.0625. The highest BCUT2D eigenvalue weighted by Gasteiger charge is 2.33. The molecule has 0 saturated heterocycles. The minimum atomic E-state index is -4.63. The first-order chi connectivity index (χ1) is 11.1. The Morgan fingerprint density at radius 2 is 1.75 bits per heavy atom. The first kappa shape index (κ1) is 17.9. The van der Waals surface area contributed by atoms with Gasteiger partial charge >= 0.3 is 6.18 Å². The fourth-order valence-corrected chi connectivity index (χ4v) is 2.30.